The third kappa shape index (κ3) is 7.46. The summed E-state index contributed by atoms with van der Waals surface area (Å²) < 4.78 is 0. The van der Waals surface area contributed by atoms with Crippen LogP contribution in [0.1, 0.15) is 24.0 Å². The molecule has 74 heavy (non-hydrogen) atoms. The molecule has 0 radical (unpaired) electrons. The molecule has 0 amide bonds. The van der Waals surface area contributed by atoms with Crippen molar-refractivity contribution in [1.82, 2.24) is 0 Å². The first-order valence-electron chi connectivity index (χ1n) is 25.8. The maximum atomic E-state index is 4.47. The molecule has 0 fully saturated rings. The van der Waals surface area contributed by atoms with Gasteiger partial charge in [-0.15, -0.1) is 0 Å². The zero-order valence-electron chi connectivity index (χ0n) is 41.2. The molecule has 0 aliphatic heterocycles. The van der Waals surface area contributed by atoms with Gasteiger partial charge in [0.25, 0.3) is 0 Å². The highest BCUT2D eigenvalue weighted by Gasteiger charge is 2.26. The highest BCUT2D eigenvalue weighted by Crippen LogP contribution is 2.51. The van der Waals surface area contributed by atoms with E-state index in [2.05, 4.69) is 268 Å². The van der Waals surface area contributed by atoms with Crippen molar-refractivity contribution in [3.63, 3.8) is 0 Å². The Labute approximate surface area is 433 Å². The monoisotopic (exact) mass is 940 g/mol. The number of hydrogen-bond acceptors (Lipinski definition) is 0. The summed E-state index contributed by atoms with van der Waals surface area (Å²) in [5.41, 5.74) is 19.2. The van der Waals surface area contributed by atoms with Crippen LogP contribution in [-0.2, 0) is 0 Å². The van der Waals surface area contributed by atoms with Crippen LogP contribution in [0.4, 0.5) is 0 Å². The van der Waals surface area contributed by atoms with Crippen LogP contribution in [0.3, 0.4) is 0 Å². The molecule has 1 aliphatic rings. The van der Waals surface area contributed by atoms with Crippen molar-refractivity contribution in [2.24, 2.45) is 0 Å². The fraction of sp³-hybridized carbons (Fsp3) is 0.0270. The first kappa shape index (κ1) is 44.6. The molecule has 0 heterocycles. The smallest absolute Gasteiger partial charge is 0.00144 e. The summed E-state index contributed by atoms with van der Waals surface area (Å²) in [6.45, 7) is 8.70. The first-order valence-corrected chi connectivity index (χ1v) is 25.8. The fourth-order valence-corrected chi connectivity index (χ4v) is 12.1. The number of fused-ring (bicyclic) bond motifs is 5. The molecule has 0 nitrogen and oxygen atoms in total. The molecule has 0 bridgehead atoms. The lowest BCUT2D eigenvalue weighted by Crippen LogP contribution is -2.03. The quantitative estimate of drug-likeness (QED) is 0.0947. The van der Waals surface area contributed by atoms with Crippen molar-refractivity contribution in [2.75, 3.05) is 0 Å². The Morgan fingerprint density at radius 1 is 0.297 bits per heavy atom. The van der Waals surface area contributed by atoms with Crippen LogP contribution in [0.5, 0.6) is 0 Å². The van der Waals surface area contributed by atoms with E-state index in [9.17, 15) is 0 Å². The minimum absolute atomic E-state index is 0.971. The summed E-state index contributed by atoms with van der Waals surface area (Å²) >= 11 is 0. The van der Waals surface area contributed by atoms with Crippen LogP contribution in [0.2, 0.25) is 0 Å². The van der Waals surface area contributed by atoms with Gasteiger partial charge >= 0.3 is 0 Å². The summed E-state index contributed by atoms with van der Waals surface area (Å²) in [6.07, 6.45) is 15.1. The summed E-state index contributed by atoms with van der Waals surface area (Å²) in [4.78, 5) is 0. The molecule has 13 rings (SSSR count). The summed E-state index contributed by atoms with van der Waals surface area (Å²) in [5, 5.41) is 12.4. The van der Waals surface area contributed by atoms with Crippen molar-refractivity contribution in [1.29, 1.82) is 0 Å². The van der Waals surface area contributed by atoms with Gasteiger partial charge in [0, 0.05) is 0 Å². The third-order valence-corrected chi connectivity index (χ3v) is 15.2. The molecule has 348 valence electrons. The average Bonchev–Trinajstić information content (AvgIpc) is 3.48. The predicted molar refractivity (Wildman–Crippen MR) is 321 cm³/mol. The molecule has 1 aliphatic carbocycles. The number of rotatable bonds is 10. The highest BCUT2D eigenvalue weighted by molar-refractivity contribution is 6.23. The Hall–Kier alpha value is -9.36. The lowest BCUT2D eigenvalue weighted by atomic mass is 9.77. The Morgan fingerprint density at radius 2 is 0.595 bits per heavy atom. The van der Waals surface area contributed by atoms with Gasteiger partial charge in [-0.3, -0.25) is 0 Å². The third-order valence-electron chi connectivity index (χ3n) is 15.2. The van der Waals surface area contributed by atoms with Crippen LogP contribution in [0.15, 0.2) is 280 Å². The molecule has 0 saturated carbocycles. The molecule has 0 atom stereocenters. The zero-order valence-corrected chi connectivity index (χ0v) is 41.2. The lowest BCUT2D eigenvalue weighted by Gasteiger charge is -2.26. The average molecular weight is 941 g/mol. The Bertz CT molecular complexity index is 4160. The number of hydrogen-bond donors (Lipinski definition) is 0. The maximum Gasteiger partial charge on any atom is -0.00144 e. The van der Waals surface area contributed by atoms with E-state index in [1.807, 2.05) is 12.2 Å². The molecule has 0 saturated heterocycles. The topological polar surface area (TPSA) is 0 Å². The van der Waals surface area contributed by atoms with Crippen LogP contribution < -0.4 is 0 Å². The van der Waals surface area contributed by atoms with Crippen LogP contribution in [-0.4, -0.2) is 0 Å². The van der Waals surface area contributed by atoms with E-state index in [0.717, 1.165) is 35.1 Å². The van der Waals surface area contributed by atoms with E-state index in [-0.39, 0.29) is 0 Å². The lowest BCUT2D eigenvalue weighted by molar-refractivity contribution is 1.04. The first-order chi connectivity index (χ1) is 36.7. The number of benzene rings is 12. The molecular formula is C74H52. The molecule has 0 unspecified atom stereocenters. The predicted octanol–water partition coefficient (Wildman–Crippen LogP) is 20.9. The second-order valence-corrected chi connectivity index (χ2v) is 19.3. The Balaban J connectivity index is 1.03. The molecule has 0 heteroatoms. The van der Waals surface area contributed by atoms with Crippen LogP contribution in [0.25, 0.3) is 132 Å². The number of allylic oxidation sites excluding steroid dienone is 8. The van der Waals surface area contributed by atoms with E-state index in [1.54, 1.807) is 0 Å². The van der Waals surface area contributed by atoms with Gasteiger partial charge in [-0.2, -0.15) is 0 Å². The van der Waals surface area contributed by atoms with E-state index < -0.39 is 0 Å². The SMILES string of the molecule is C=C/C=C(\C=C)c1c(C2=CCCC=C2)c(-c2ccc(-c3c4ccccc4c(-c4ccccc4)c4ccccc34)cc2)c2ccccc2c1-c1ccc(-c2c3ccccc3c(-c3ccccc3)c3ccccc23)cc1. The fourth-order valence-electron chi connectivity index (χ4n) is 12.1. The van der Waals surface area contributed by atoms with E-state index in [4.69, 9.17) is 0 Å². The molecule has 0 N–H and O–H groups in total. The van der Waals surface area contributed by atoms with Gasteiger partial charge < -0.3 is 0 Å². The normalized spacial score (nSPS) is 12.7. The van der Waals surface area contributed by atoms with Crippen LogP contribution in [0, 0.1) is 0 Å². The Kier molecular flexibility index (Phi) is 11.4. The summed E-state index contributed by atoms with van der Waals surface area (Å²) in [5.74, 6) is 0. The van der Waals surface area contributed by atoms with E-state index in [0.29, 0.717) is 0 Å². The van der Waals surface area contributed by atoms with Gasteiger partial charge in [0.2, 0.25) is 0 Å². The van der Waals surface area contributed by atoms with E-state index >= 15 is 0 Å². The Morgan fingerprint density at radius 3 is 0.919 bits per heavy atom. The molecule has 0 spiro atoms. The van der Waals surface area contributed by atoms with Gasteiger partial charge in [-0.25, -0.2) is 0 Å². The molecular weight excluding hydrogens is 889 g/mol. The van der Waals surface area contributed by atoms with Crippen molar-refractivity contribution >= 4 is 65.0 Å². The van der Waals surface area contributed by atoms with Gasteiger partial charge in [-0.1, -0.05) is 280 Å². The van der Waals surface area contributed by atoms with Gasteiger partial charge in [-0.05, 0) is 156 Å². The minimum atomic E-state index is 0.971. The largest absolute Gasteiger partial charge is 0.0990 e. The van der Waals surface area contributed by atoms with Gasteiger partial charge in [0.05, 0.1) is 0 Å². The second kappa shape index (κ2) is 19.0. The van der Waals surface area contributed by atoms with Crippen molar-refractivity contribution in [3.05, 3.63) is 291 Å². The van der Waals surface area contributed by atoms with Gasteiger partial charge in [0.15, 0.2) is 0 Å². The van der Waals surface area contributed by atoms with Gasteiger partial charge in [0.1, 0.15) is 0 Å². The van der Waals surface area contributed by atoms with Crippen molar-refractivity contribution < 1.29 is 0 Å². The van der Waals surface area contributed by atoms with Crippen molar-refractivity contribution in [2.45, 2.75) is 12.8 Å². The molecule has 0 aromatic heterocycles. The minimum Gasteiger partial charge on any atom is -0.0990 e. The van der Waals surface area contributed by atoms with E-state index in [1.165, 1.54) is 121 Å². The molecule has 12 aromatic rings. The maximum absolute atomic E-state index is 4.47. The van der Waals surface area contributed by atoms with Crippen LogP contribution >= 0.6 is 0 Å². The van der Waals surface area contributed by atoms with Crippen molar-refractivity contribution in [3.8, 4) is 66.8 Å². The highest BCUT2D eigenvalue weighted by atomic mass is 14.3. The molecule has 12 aromatic carbocycles. The standard InChI is InChI=1S/C74H52/c1-3-24-49(4-2)73-71(55-45-41-53(42-46-55)69-61-35-18-14-31-57(61)67(50-25-8-5-9-26-50)58-32-15-19-36-62(58)69)65-39-22-23-40-66(65)72(74(73)52-29-12-7-13-30-52)56-47-43-54(44-48-56)70-63-37-20-16-33-59(63)68(51-27-10-6-11-28-51)60-34-17-21-38-64(60)70/h3-6,8-12,14-48H,1-2,7,13H2/b49-24+. The summed E-state index contributed by atoms with van der Waals surface area (Å²) in [6, 6.07) is 85.0. The second-order valence-electron chi connectivity index (χ2n) is 19.3. The summed E-state index contributed by atoms with van der Waals surface area (Å²) in [7, 11) is 0. The zero-order chi connectivity index (χ0) is 49.5.